The first-order valence-corrected chi connectivity index (χ1v) is 14.1. The molecule has 0 atom stereocenters. The third-order valence-corrected chi connectivity index (χ3v) is 7.59. The molecule has 2 aromatic heterocycles. The van der Waals surface area contributed by atoms with E-state index in [4.69, 9.17) is 4.74 Å². The maximum atomic E-state index is 15.7. The van der Waals surface area contributed by atoms with Crippen molar-refractivity contribution in [2.45, 2.75) is 6.43 Å². The number of pyridine rings is 1. The quantitative estimate of drug-likeness (QED) is 0.383. The van der Waals surface area contributed by atoms with Crippen LogP contribution < -0.4 is 20.7 Å². The molecule has 0 aliphatic carbocycles. The molecule has 0 saturated carbocycles. The Morgan fingerprint density at radius 3 is 2.40 bits per heavy atom. The van der Waals surface area contributed by atoms with Gasteiger partial charge in [0.2, 0.25) is 11.5 Å². The molecule has 1 aromatic carbocycles. The second kappa shape index (κ2) is 13.5. The van der Waals surface area contributed by atoms with E-state index in [1.807, 2.05) is 23.9 Å². The number of carbonyl (C=O) groups is 1. The number of carbonyl (C=O) groups excluding carboxylic acids is 1. The van der Waals surface area contributed by atoms with Gasteiger partial charge in [-0.15, -0.1) is 0 Å². The van der Waals surface area contributed by atoms with Crippen molar-refractivity contribution < 1.29 is 22.7 Å². The Bertz CT molecular complexity index is 1470. The normalized spacial score (nSPS) is 16.3. The first-order valence-electron chi connectivity index (χ1n) is 14.1. The van der Waals surface area contributed by atoms with Crippen LogP contribution in [-0.4, -0.2) is 110 Å². The second-order valence-corrected chi connectivity index (χ2v) is 10.8. The number of anilines is 3. The Morgan fingerprint density at radius 1 is 1.05 bits per heavy atom. The summed E-state index contributed by atoms with van der Waals surface area (Å²) in [4.78, 5) is 44.4. The van der Waals surface area contributed by atoms with Crippen molar-refractivity contribution in [3.63, 3.8) is 0 Å². The smallest absolute Gasteiger partial charge is 0.264 e. The number of nitrogens with one attached hydrogen (secondary N) is 2. The molecule has 2 saturated heterocycles. The molecule has 230 valence electrons. The third-order valence-electron chi connectivity index (χ3n) is 7.59. The minimum absolute atomic E-state index is 0.146. The maximum Gasteiger partial charge on any atom is 0.264 e. The summed E-state index contributed by atoms with van der Waals surface area (Å²) < 4.78 is 48.5. The van der Waals surface area contributed by atoms with E-state index in [-0.39, 0.29) is 16.8 Å². The summed E-state index contributed by atoms with van der Waals surface area (Å²) in [7, 11) is 4.02. The highest BCUT2D eigenvalue weighted by Gasteiger charge is 2.25. The van der Waals surface area contributed by atoms with E-state index in [1.54, 1.807) is 0 Å². The van der Waals surface area contributed by atoms with Gasteiger partial charge in [-0.3, -0.25) is 14.5 Å². The number of H-pyrrole nitrogens is 1. The Labute approximate surface area is 247 Å². The van der Waals surface area contributed by atoms with E-state index < -0.39 is 29.3 Å². The van der Waals surface area contributed by atoms with Crippen LogP contribution in [0.5, 0.6) is 0 Å². The number of morpholine rings is 1. The summed E-state index contributed by atoms with van der Waals surface area (Å²) in [6, 6.07) is 3.52. The molecule has 5 rings (SSSR count). The van der Waals surface area contributed by atoms with Gasteiger partial charge in [-0.1, -0.05) is 0 Å². The van der Waals surface area contributed by atoms with Crippen LogP contribution in [0.2, 0.25) is 0 Å². The number of hydrogen-bond acceptors (Lipinski definition) is 9. The molecule has 2 N–H and O–H groups in total. The van der Waals surface area contributed by atoms with E-state index >= 15 is 4.39 Å². The number of benzene rings is 1. The van der Waals surface area contributed by atoms with Crippen molar-refractivity contribution in [1.29, 1.82) is 0 Å². The fraction of sp³-hybridized carbons (Fsp3) is 0.448. The number of aromatic amines is 1. The Morgan fingerprint density at radius 2 is 1.74 bits per heavy atom. The minimum Gasteiger partial charge on any atom is -0.378 e. The van der Waals surface area contributed by atoms with Crippen LogP contribution in [0.1, 0.15) is 22.3 Å². The average Bonchev–Trinajstić information content (AvgIpc) is 3.01. The molecule has 11 nitrogen and oxygen atoms in total. The molecule has 43 heavy (non-hydrogen) atoms. The van der Waals surface area contributed by atoms with Gasteiger partial charge in [-0.2, -0.15) is 0 Å². The minimum atomic E-state index is -3.04. The molecule has 1 amide bonds. The zero-order valence-corrected chi connectivity index (χ0v) is 24.2. The molecule has 0 spiro atoms. The Hall–Kier alpha value is -4.01. The molecule has 3 aromatic rings. The highest BCUT2D eigenvalue weighted by molar-refractivity contribution is 6.07. The summed E-state index contributed by atoms with van der Waals surface area (Å²) in [5, 5.41) is 2.70. The molecular weight excluding hydrogens is 565 g/mol. The lowest BCUT2D eigenvalue weighted by molar-refractivity contribution is 0.101. The third kappa shape index (κ3) is 7.32. The van der Waals surface area contributed by atoms with Gasteiger partial charge in [0.15, 0.2) is 0 Å². The first-order chi connectivity index (χ1) is 20.7. The largest absolute Gasteiger partial charge is 0.378 e. The van der Waals surface area contributed by atoms with E-state index in [0.717, 1.165) is 32.4 Å². The van der Waals surface area contributed by atoms with Gasteiger partial charge >= 0.3 is 0 Å². The highest BCUT2D eigenvalue weighted by Crippen LogP contribution is 2.35. The highest BCUT2D eigenvalue weighted by atomic mass is 19.3. The zero-order chi connectivity index (χ0) is 30.5. The van der Waals surface area contributed by atoms with Gasteiger partial charge in [0.1, 0.15) is 5.82 Å². The van der Waals surface area contributed by atoms with Gasteiger partial charge in [0.05, 0.1) is 30.2 Å². The SMILES string of the molecule is CN(C)CCN1CCN(c2cc(F)c(-c3cnc(N4CCOCC4)nc3)cc2NC(=O)c2c[nH]c(=O)cc2C(F)F)CC1. The summed E-state index contributed by atoms with van der Waals surface area (Å²) in [5.41, 5.74) is -0.605. The van der Waals surface area contributed by atoms with Crippen LogP contribution in [-0.2, 0) is 4.74 Å². The molecule has 2 aliphatic heterocycles. The van der Waals surface area contributed by atoms with Gasteiger partial charge in [-0.25, -0.2) is 23.1 Å². The standard InChI is InChI=1S/C29H35F3N8O3/c1-37(2)3-4-38-5-7-39(8-6-38)25-15-23(30)20(19-16-34-29(35-17-19)40-9-11-43-12-10-40)13-24(25)36-28(42)22-18-33-26(41)14-21(22)27(31)32/h13-18,27H,3-12H2,1-2H3,(H,33,41)(H,36,42). The fourth-order valence-corrected chi connectivity index (χ4v) is 5.14. The van der Waals surface area contributed by atoms with Crippen molar-refractivity contribution >= 4 is 23.2 Å². The predicted octanol–water partition coefficient (Wildman–Crippen LogP) is 2.68. The summed E-state index contributed by atoms with van der Waals surface area (Å²) >= 11 is 0. The molecular formula is C29H35F3N8O3. The van der Waals surface area contributed by atoms with Crippen molar-refractivity contribution in [2.24, 2.45) is 0 Å². The molecule has 0 radical (unpaired) electrons. The average molecular weight is 601 g/mol. The molecule has 0 unspecified atom stereocenters. The Kier molecular flexibility index (Phi) is 9.58. The molecule has 4 heterocycles. The number of hydrogen-bond donors (Lipinski definition) is 2. The first kappa shape index (κ1) is 30.4. The van der Waals surface area contributed by atoms with Crippen molar-refractivity contribution in [3.05, 3.63) is 64.1 Å². The van der Waals surface area contributed by atoms with Crippen LogP contribution in [0.4, 0.5) is 30.5 Å². The van der Waals surface area contributed by atoms with Crippen LogP contribution in [0.25, 0.3) is 11.1 Å². The molecule has 0 bridgehead atoms. The van der Waals surface area contributed by atoms with Crippen LogP contribution in [0.15, 0.2) is 41.6 Å². The van der Waals surface area contributed by atoms with Crippen LogP contribution in [0, 0.1) is 5.82 Å². The number of halogens is 3. The van der Waals surface area contributed by atoms with Crippen LogP contribution >= 0.6 is 0 Å². The monoisotopic (exact) mass is 600 g/mol. The van der Waals surface area contributed by atoms with Crippen LogP contribution in [0.3, 0.4) is 0 Å². The fourth-order valence-electron chi connectivity index (χ4n) is 5.14. The van der Waals surface area contributed by atoms with Crippen molar-refractivity contribution in [2.75, 3.05) is 94.8 Å². The van der Waals surface area contributed by atoms with Gasteiger partial charge < -0.3 is 29.7 Å². The summed E-state index contributed by atoms with van der Waals surface area (Å²) in [6.45, 7) is 6.84. The zero-order valence-electron chi connectivity index (χ0n) is 24.2. The molecule has 2 aliphatic rings. The summed E-state index contributed by atoms with van der Waals surface area (Å²) in [5.74, 6) is -0.890. The van der Waals surface area contributed by atoms with Gasteiger partial charge in [-0.05, 0) is 26.2 Å². The van der Waals surface area contributed by atoms with Crippen molar-refractivity contribution in [3.8, 4) is 11.1 Å². The molecule has 14 heteroatoms. The molecule has 2 fully saturated rings. The number of ether oxygens (including phenoxy) is 1. The van der Waals surface area contributed by atoms with E-state index in [9.17, 15) is 18.4 Å². The lowest BCUT2D eigenvalue weighted by atomic mass is 10.0. The second-order valence-electron chi connectivity index (χ2n) is 10.8. The summed E-state index contributed by atoms with van der Waals surface area (Å²) in [6.07, 6.45) is 0.956. The van der Waals surface area contributed by atoms with Crippen molar-refractivity contribution in [1.82, 2.24) is 24.8 Å². The lowest BCUT2D eigenvalue weighted by Gasteiger charge is -2.37. The number of piperazine rings is 1. The number of likely N-dealkylation sites (N-methyl/N-ethyl adjacent to an activating group) is 1. The lowest BCUT2D eigenvalue weighted by Crippen LogP contribution is -2.48. The number of alkyl halides is 2. The number of aromatic nitrogens is 3. The van der Waals surface area contributed by atoms with E-state index in [0.29, 0.717) is 62.7 Å². The number of nitrogens with zero attached hydrogens (tertiary/aromatic N) is 6. The van der Waals surface area contributed by atoms with Gasteiger partial charge in [0, 0.05) is 93.7 Å². The number of amides is 1. The number of rotatable bonds is 9. The topological polar surface area (TPSA) is 110 Å². The van der Waals surface area contributed by atoms with E-state index in [2.05, 4.69) is 30.1 Å². The van der Waals surface area contributed by atoms with E-state index in [1.165, 1.54) is 24.5 Å². The predicted molar refractivity (Wildman–Crippen MR) is 158 cm³/mol. The van der Waals surface area contributed by atoms with Gasteiger partial charge in [0.25, 0.3) is 12.3 Å². The maximum absolute atomic E-state index is 15.7. The Balaban J connectivity index is 1.46.